The van der Waals surface area contributed by atoms with E-state index >= 15 is 0 Å². The van der Waals surface area contributed by atoms with Crippen molar-refractivity contribution in [1.82, 2.24) is 10.2 Å². The van der Waals surface area contributed by atoms with Crippen molar-refractivity contribution in [3.63, 3.8) is 0 Å². The van der Waals surface area contributed by atoms with Gasteiger partial charge in [0.05, 0.1) is 17.6 Å². The van der Waals surface area contributed by atoms with E-state index in [-0.39, 0.29) is 5.91 Å². The number of hydrogen-bond acceptors (Lipinski definition) is 4. The van der Waals surface area contributed by atoms with Crippen LogP contribution in [0, 0.1) is 0 Å². The number of thiophene rings is 1. The highest BCUT2D eigenvalue weighted by Gasteiger charge is 2.38. The summed E-state index contributed by atoms with van der Waals surface area (Å²) < 4.78 is 6.77. The number of fused-ring (bicyclic) bond motifs is 3. The maximum Gasteiger partial charge on any atom is 0.261 e. The van der Waals surface area contributed by atoms with Crippen LogP contribution in [0.25, 0.3) is 10.1 Å². The van der Waals surface area contributed by atoms with Gasteiger partial charge in [-0.05, 0) is 30.4 Å². The highest BCUT2D eigenvalue weighted by Crippen LogP contribution is 2.27. The number of nitrogens with one attached hydrogen (secondary N) is 1. The minimum Gasteiger partial charge on any atom is -0.375 e. The van der Waals surface area contributed by atoms with Gasteiger partial charge in [0.2, 0.25) is 0 Å². The molecule has 1 N–H and O–H groups in total. The van der Waals surface area contributed by atoms with Gasteiger partial charge in [-0.25, -0.2) is 0 Å². The van der Waals surface area contributed by atoms with Crippen molar-refractivity contribution in [3.8, 4) is 0 Å². The molecule has 1 aromatic carbocycles. The second-order valence-corrected chi connectivity index (χ2v) is 7.18. The largest absolute Gasteiger partial charge is 0.375 e. The van der Waals surface area contributed by atoms with Crippen LogP contribution < -0.4 is 5.32 Å². The second-order valence-electron chi connectivity index (χ2n) is 6.10. The third kappa shape index (κ3) is 2.76. The Bertz CT molecular complexity index is 651. The number of carbonyl (C=O) groups excluding carboxylic acids is 1. The molecule has 2 bridgehead atoms. The van der Waals surface area contributed by atoms with Crippen LogP contribution in [0.5, 0.6) is 0 Å². The second kappa shape index (κ2) is 5.99. The van der Waals surface area contributed by atoms with Gasteiger partial charge in [0, 0.05) is 30.4 Å². The van der Waals surface area contributed by atoms with Crippen molar-refractivity contribution >= 4 is 27.3 Å². The number of hydrogen-bond donors (Lipinski definition) is 1. The quantitative estimate of drug-likeness (QED) is 0.862. The average molecular weight is 316 g/mol. The fraction of sp³-hybridized carbons (Fsp3) is 0.471. The van der Waals surface area contributed by atoms with Crippen LogP contribution in [0.2, 0.25) is 0 Å². The smallest absolute Gasteiger partial charge is 0.261 e. The van der Waals surface area contributed by atoms with E-state index in [2.05, 4.69) is 16.3 Å². The summed E-state index contributed by atoms with van der Waals surface area (Å²) >= 11 is 1.56. The van der Waals surface area contributed by atoms with Gasteiger partial charge >= 0.3 is 0 Å². The summed E-state index contributed by atoms with van der Waals surface area (Å²) in [6, 6.07) is 10.7. The summed E-state index contributed by atoms with van der Waals surface area (Å²) in [4.78, 5) is 15.5. The molecule has 0 aliphatic carbocycles. The molecule has 4 rings (SSSR count). The molecule has 2 aliphatic heterocycles. The lowest BCUT2D eigenvalue weighted by molar-refractivity contribution is 0.0302. The molecule has 2 aliphatic rings. The van der Waals surface area contributed by atoms with Gasteiger partial charge < -0.3 is 10.1 Å². The number of ether oxygens (including phenoxy) is 1. The van der Waals surface area contributed by atoms with E-state index in [1.54, 1.807) is 11.3 Å². The molecule has 2 aromatic rings. The summed E-state index contributed by atoms with van der Waals surface area (Å²) in [6.45, 7) is 3.74. The number of morpholine rings is 1. The van der Waals surface area contributed by atoms with Gasteiger partial charge in [0.15, 0.2) is 0 Å². The summed E-state index contributed by atoms with van der Waals surface area (Å²) in [5, 5.41) is 4.19. The Morgan fingerprint density at radius 3 is 3.09 bits per heavy atom. The summed E-state index contributed by atoms with van der Waals surface area (Å²) in [5.41, 5.74) is 0. The molecule has 22 heavy (non-hydrogen) atoms. The van der Waals surface area contributed by atoms with Crippen molar-refractivity contribution < 1.29 is 9.53 Å². The Labute approximate surface area is 134 Å². The van der Waals surface area contributed by atoms with Crippen LogP contribution in [0.15, 0.2) is 30.3 Å². The predicted octanol–water partition coefficient (Wildman–Crippen LogP) is 2.49. The number of amides is 1. The van der Waals surface area contributed by atoms with E-state index in [4.69, 9.17) is 4.74 Å². The van der Waals surface area contributed by atoms with E-state index in [1.807, 2.05) is 24.3 Å². The number of likely N-dealkylation sites (tertiary alicyclic amines) is 1. The zero-order chi connectivity index (χ0) is 14.9. The Morgan fingerprint density at radius 1 is 1.41 bits per heavy atom. The topological polar surface area (TPSA) is 41.6 Å². The van der Waals surface area contributed by atoms with Crippen LogP contribution in [0.1, 0.15) is 22.5 Å². The molecule has 0 radical (unpaired) electrons. The fourth-order valence-electron chi connectivity index (χ4n) is 3.42. The SMILES string of the molecule is O=C(NCCCN1CC2CC1CO2)c1cc2ccccc2s1. The van der Waals surface area contributed by atoms with E-state index in [0.717, 1.165) is 42.9 Å². The molecule has 4 nitrogen and oxygen atoms in total. The van der Waals surface area contributed by atoms with E-state index in [0.29, 0.717) is 12.1 Å². The first-order chi connectivity index (χ1) is 10.8. The van der Waals surface area contributed by atoms with Crippen molar-refractivity contribution in [2.24, 2.45) is 0 Å². The molecule has 2 saturated heterocycles. The van der Waals surface area contributed by atoms with Crippen LogP contribution in [-0.2, 0) is 4.74 Å². The van der Waals surface area contributed by atoms with Crippen molar-refractivity contribution in [2.45, 2.75) is 25.0 Å². The van der Waals surface area contributed by atoms with E-state index in [1.165, 1.54) is 11.1 Å². The van der Waals surface area contributed by atoms with Crippen molar-refractivity contribution in [1.29, 1.82) is 0 Å². The lowest BCUT2D eigenvalue weighted by atomic mass is 10.2. The number of benzene rings is 1. The van der Waals surface area contributed by atoms with Gasteiger partial charge in [-0.1, -0.05) is 18.2 Å². The number of nitrogens with zero attached hydrogens (tertiary/aromatic N) is 1. The molecular weight excluding hydrogens is 296 g/mol. The van der Waals surface area contributed by atoms with Gasteiger partial charge in [-0.15, -0.1) is 11.3 Å². The number of rotatable bonds is 5. The Morgan fingerprint density at radius 2 is 2.32 bits per heavy atom. The minimum atomic E-state index is 0.0486. The summed E-state index contributed by atoms with van der Waals surface area (Å²) in [5.74, 6) is 0.0486. The number of carbonyl (C=O) groups is 1. The molecule has 2 unspecified atom stereocenters. The van der Waals surface area contributed by atoms with Crippen LogP contribution in [-0.4, -0.2) is 49.2 Å². The molecule has 5 heteroatoms. The zero-order valence-corrected chi connectivity index (χ0v) is 13.3. The molecule has 1 aromatic heterocycles. The molecule has 2 atom stereocenters. The first-order valence-electron chi connectivity index (χ1n) is 7.92. The van der Waals surface area contributed by atoms with Gasteiger partial charge in [0.1, 0.15) is 0 Å². The molecule has 0 saturated carbocycles. The van der Waals surface area contributed by atoms with Crippen molar-refractivity contribution in [3.05, 3.63) is 35.2 Å². The highest BCUT2D eigenvalue weighted by molar-refractivity contribution is 7.20. The molecular formula is C17H20N2O2S. The Hall–Kier alpha value is -1.43. The lowest BCUT2D eigenvalue weighted by Gasteiger charge is -2.26. The first kappa shape index (κ1) is 14.2. The van der Waals surface area contributed by atoms with Gasteiger partial charge in [-0.2, -0.15) is 0 Å². The summed E-state index contributed by atoms with van der Waals surface area (Å²) in [6.07, 6.45) is 2.65. The molecule has 2 fully saturated rings. The first-order valence-corrected chi connectivity index (χ1v) is 8.74. The standard InChI is InChI=1S/C17H20N2O2S/c20-17(16-8-12-4-1-2-5-15(12)22-16)18-6-3-7-19-10-14-9-13(19)11-21-14/h1-2,4-5,8,13-14H,3,6-7,9-11H2,(H,18,20). The molecule has 0 spiro atoms. The molecule has 3 heterocycles. The monoisotopic (exact) mass is 316 g/mol. The lowest BCUT2D eigenvalue weighted by Crippen LogP contribution is -2.38. The zero-order valence-electron chi connectivity index (χ0n) is 12.5. The fourth-order valence-corrected chi connectivity index (χ4v) is 4.40. The molecule has 1 amide bonds. The van der Waals surface area contributed by atoms with Crippen LogP contribution in [0.4, 0.5) is 0 Å². The maximum absolute atomic E-state index is 12.2. The normalized spacial score (nSPS) is 24.2. The summed E-state index contributed by atoms with van der Waals surface area (Å²) in [7, 11) is 0. The van der Waals surface area contributed by atoms with Crippen molar-refractivity contribution in [2.75, 3.05) is 26.2 Å². The predicted molar refractivity (Wildman–Crippen MR) is 88.5 cm³/mol. The Kier molecular flexibility index (Phi) is 3.86. The van der Waals surface area contributed by atoms with Gasteiger partial charge in [0.25, 0.3) is 5.91 Å². The molecule has 116 valence electrons. The van der Waals surface area contributed by atoms with Gasteiger partial charge in [-0.3, -0.25) is 9.69 Å². The third-order valence-corrected chi connectivity index (χ3v) is 5.69. The minimum absolute atomic E-state index is 0.0486. The maximum atomic E-state index is 12.2. The van der Waals surface area contributed by atoms with Crippen LogP contribution in [0.3, 0.4) is 0 Å². The third-order valence-electron chi connectivity index (χ3n) is 4.57. The highest BCUT2D eigenvalue weighted by atomic mass is 32.1. The van der Waals surface area contributed by atoms with Crippen LogP contribution >= 0.6 is 11.3 Å². The average Bonchev–Trinajstić information content (AvgIpc) is 3.25. The Balaban J connectivity index is 1.26. The van der Waals surface area contributed by atoms with E-state index < -0.39 is 0 Å². The van der Waals surface area contributed by atoms with E-state index in [9.17, 15) is 4.79 Å².